The molecule has 52 valence electrons. The molecule has 2 heteroatoms. The van der Waals surface area contributed by atoms with E-state index in [1.54, 1.807) is 4.90 Å². The second-order valence-corrected chi connectivity index (χ2v) is 2.85. The van der Waals surface area contributed by atoms with Crippen molar-refractivity contribution in [3.8, 4) is 0 Å². The Kier molecular flexibility index (Phi) is 1.74. The summed E-state index contributed by atoms with van der Waals surface area (Å²) in [6.07, 6.45) is 3.52. The molecule has 0 aromatic carbocycles. The van der Waals surface area contributed by atoms with E-state index in [0.29, 0.717) is 6.04 Å². The first-order valence-corrected chi connectivity index (χ1v) is 3.43. The molecule has 2 nitrogen and oxygen atoms in total. The van der Waals surface area contributed by atoms with Crippen molar-refractivity contribution in [2.24, 2.45) is 5.92 Å². The zero-order valence-electron chi connectivity index (χ0n) is 6.00. The number of amides is 1. The highest BCUT2D eigenvalue weighted by Gasteiger charge is 2.29. The third kappa shape index (κ3) is 1.44. The summed E-state index contributed by atoms with van der Waals surface area (Å²) in [5.74, 6) is 0.792. The second-order valence-electron chi connectivity index (χ2n) is 2.85. The summed E-state index contributed by atoms with van der Waals surface area (Å²) in [5.41, 5.74) is 0. The van der Waals surface area contributed by atoms with Crippen molar-refractivity contribution in [1.82, 2.24) is 4.90 Å². The van der Waals surface area contributed by atoms with Gasteiger partial charge in [0.25, 0.3) is 0 Å². The number of hydrogen-bond acceptors (Lipinski definition) is 1. The van der Waals surface area contributed by atoms with Crippen LogP contribution in [-0.4, -0.2) is 24.4 Å². The van der Waals surface area contributed by atoms with Gasteiger partial charge in [-0.25, -0.2) is 0 Å². The molecule has 1 atom stereocenters. The monoisotopic (exact) mass is 127 g/mol. The number of rotatable bonds is 3. The van der Waals surface area contributed by atoms with Crippen LogP contribution < -0.4 is 0 Å². The minimum atomic E-state index is 0.461. The zero-order valence-corrected chi connectivity index (χ0v) is 6.00. The zero-order chi connectivity index (χ0) is 6.85. The molecule has 0 aliphatic heterocycles. The van der Waals surface area contributed by atoms with Crippen LogP contribution in [0.3, 0.4) is 0 Å². The average molecular weight is 127 g/mol. The molecule has 0 saturated heterocycles. The SMILES string of the molecule is CC(C1CC1)N(C)C=O. The lowest BCUT2D eigenvalue weighted by molar-refractivity contribution is -0.118. The maximum absolute atomic E-state index is 10.2. The number of carbonyl (C=O) groups excluding carboxylic acids is 1. The lowest BCUT2D eigenvalue weighted by Crippen LogP contribution is -2.29. The lowest BCUT2D eigenvalue weighted by Gasteiger charge is -2.18. The van der Waals surface area contributed by atoms with E-state index < -0.39 is 0 Å². The highest BCUT2D eigenvalue weighted by molar-refractivity contribution is 5.47. The largest absolute Gasteiger partial charge is 0.345 e. The minimum Gasteiger partial charge on any atom is -0.345 e. The van der Waals surface area contributed by atoms with Crippen LogP contribution in [0.4, 0.5) is 0 Å². The molecule has 9 heavy (non-hydrogen) atoms. The topological polar surface area (TPSA) is 20.3 Å². The van der Waals surface area contributed by atoms with Gasteiger partial charge in [0.2, 0.25) is 6.41 Å². The first kappa shape index (κ1) is 6.59. The maximum Gasteiger partial charge on any atom is 0.209 e. The van der Waals surface area contributed by atoms with Crippen molar-refractivity contribution >= 4 is 6.41 Å². The summed E-state index contributed by atoms with van der Waals surface area (Å²) in [4.78, 5) is 12.0. The van der Waals surface area contributed by atoms with Crippen LogP contribution >= 0.6 is 0 Å². The molecule has 1 rings (SSSR count). The molecule has 1 unspecified atom stereocenters. The molecule has 1 aliphatic carbocycles. The van der Waals surface area contributed by atoms with E-state index in [4.69, 9.17) is 0 Å². The normalized spacial score (nSPS) is 21.1. The van der Waals surface area contributed by atoms with E-state index in [1.165, 1.54) is 12.8 Å². The van der Waals surface area contributed by atoms with Gasteiger partial charge in [-0.15, -0.1) is 0 Å². The molecule has 0 heterocycles. The van der Waals surface area contributed by atoms with E-state index in [9.17, 15) is 4.79 Å². The molecule has 0 spiro atoms. The quantitative estimate of drug-likeness (QED) is 0.515. The molecule has 0 N–H and O–H groups in total. The van der Waals surface area contributed by atoms with Crippen LogP contribution in [0.15, 0.2) is 0 Å². The summed E-state index contributed by atoms with van der Waals surface area (Å²) in [6.45, 7) is 2.10. The second kappa shape index (κ2) is 2.38. The van der Waals surface area contributed by atoms with Gasteiger partial charge in [0.1, 0.15) is 0 Å². The van der Waals surface area contributed by atoms with Gasteiger partial charge < -0.3 is 4.90 Å². The standard InChI is InChI=1S/C7H13NO/c1-6(7-3-4-7)8(2)5-9/h5-7H,3-4H2,1-2H3. The van der Waals surface area contributed by atoms with Crippen molar-refractivity contribution in [3.63, 3.8) is 0 Å². The Morgan fingerprint density at radius 2 is 2.22 bits per heavy atom. The number of hydrogen-bond donors (Lipinski definition) is 0. The Morgan fingerprint density at radius 1 is 1.67 bits per heavy atom. The van der Waals surface area contributed by atoms with Gasteiger partial charge in [-0.05, 0) is 25.7 Å². The van der Waals surface area contributed by atoms with E-state index in [1.807, 2.05) is 7.05 Å². The first-order valence-electron chi connectivity index (χ1n) is 3.43. The predicted molar refractivity (Wildman–Crippen MR) is 36.0 cm³/mol. The Morgan fingerprint density at radius 3 is 2.56 bits per heavy atom. The predicted octanol–water partition coefficient (Wildman–Crippen LogP) is 0.873. The summed E-state index contributed by atoms with van der Waals surface area (Å²) >= 11 is 0. The molecular formula is C7H13NO. The Balaban J connectivity index is 2.30. The number of nitrogens with zero attached hydrogens (tertiary/aromatic N) is 1. The van der Waals surface area contributed by atoms with Crippen LogP contribution in [-0.2, 0) is 4.79 Å². The van der Waals surface area contributed by atoms with Crippen LogP contribution in [0.2, 0.25) is 0 Å². The number of carbonyl (C=O) groups is 1. The van der Waals surface area contributed by atoms with Gasteiger partial charge in [0.15, 0.2) is 0 Å². The van der Waals surface area contributed by atoms with Gasteiger partial charge >= 0.3 is 0 Å². The molecule has 0 bridgehead atoms. The van der Waals surface area contributed by atoms with Gasteiger partial charge in [-0.1, -0.05) is 0 Å². The molecule has 1 amide bonds. The summed E-state index contributed by atoms with van der Waals surface area (Å²) in [5, 5.41) is 0. The highest BCUT2D eigenvalue weighted by atomic mass is 16.1. The lowest BCUT2D eigenvalue weighted by atomic mass is 10.2. The smallest absolute Gasteiger partial charge is 0.209 e. The van der Waals surface area contributed by atoms with E-state index >= 15 is 0 Å². The van der Waals surface area contributed by atoms with Crippen LogP contribution in [0.1, 0.15) is 19.8 Å². The molecular weight excluding hydrogens is 114 g/mol. The fourth-order valence-corrected chi connectivity index (χ4v) is 1.01. The molecule has 0 aromatic rings. The van der Waals surface area contributed by atoms with E-state index in [2.05, 4.69) is 6.92 Å². The van der Waals surface area contributed by atoms with Gasteiger partial charge in [0, 0.05) is 13.1 Å². The van der Waals surface area contributed by atoms with Crippen molar-refractivity contribution < 1.29 is 4.79 Å². The van der Waals surface area contributed by atoms with Crippen molar-refractivity contribution in [3.05, 3.63) is 0 Å². The summed E-state index contributed by atoms with van der Waals surface area (Å²) < 4.78 is 0. The highest BCUT2D eigenvalue weighted by Crippen LogP contribution is 2.34. The van der Waals surface area contributed by atoms with Gasteiger partial charge in [0.05, 0.1) is 0 Å². The van der Waals surface area contributed by atoms with E-state index in [0.717, 1.165) is 12.3 Å². The minimum absolute atomic E-state index is 0.461. The molecule has 0 aromatic heterocycles. The van der Waals surface area contributed by atoms with Crippen molar-refractivity contribution in [2.45, 2.75) is 25.8 Å². The Bertz CT molecular complexity index is 109. The Labute approximate surface area is 55.8 Å². The summed E-state index contributed by atoms with van der Waals surface area (Å²) in [7, 11) is 1.84. The van der Waals surface area contributed by atoms with Gasteiger partial charge in [-0.2, -0.15) is 0 Å². The Hall–Kier alpha value is -0.530. The van der Waals surface area contributed by atoms with E-state index in [-0.39, 0.29) is 0 Å². The molecule has 1 saturated carbocycles. The van der Waals surface area contributed by atoms with Crippen LogP contribution in [0.5, 0.6) is 0 Å². The fourth-order valence-electron chi connectivity index (χ4n) is 1.01. The fraction of sp³-hybridized carbons (Fsp3) is 0.857. The third-order valence-corrected chi connectivity index (χ3v) is 2.11. The average Bonchev–Trinajstić information content (AvgIpc) is 2.66. The molecule has 1 fully saturated rings. The van der Waals surface area contributed by atoms with Crippen molar-refractivity contribution in [1.29, 1.82) is 0 Å². The van der Waals surface area contributed by atoms with Crippen LogP contribution in [0.25, 0.3) is 0 Å². The maximum atomic E-state index is 10.2. The third-order valence-electron chi connectivity index (χ3n) is 2.11. The summed E-state index contributed by atoms with van der Waals surface area (Å²) in [6, 6.07) is 0.461. The van der Waals surface area contributed by atoms with Crippen molar-refractivity contribution in [2.75, 3.05) is 7.05 Å². The van der Waals surface area contributed by atoms with Gasteiger partial charge in [-0.3, -0.25) is 4.79 Å². The first-order chi connectivity index (χ1) is 4.25. The van der Waals surface area contributed by atoms with Crippen LogP contribution in [0, 0.1) is 5.92 Å². The molecule has 1 aliphatic rings. The molecule has 0 radical (unpaired) electrons.